The van der Waals surface area contributed by atoms with Crippen molar-refractivity contribution < 1.29 is 14.7 Å². The Balaban J connectivity index is 1.71. The van der Waals surface area contributed by atoms with Gasteiger partial charge in [0, 0.05) is 30.5 Å². The van der Waals surface area contributed by atoms with Crippen LogP contribution in [0, 0.1) is 5.92 Å². The lowest BCUT2D eigenvalue weighted by molar-refractivity contribution is -0.134. The molecule has 0 spiro atoms. The van der Waals surface area contributed by atoms with E-state index in [4.69, 9.17) is 0 Å². The molecule has 2 fully saturated rings. The first-order chi connectivity index (χ1) is 12.5. The fraction of sp³-hybridized carbons (Fsp3) is 0.450. The number of nitrogens with one attached hydrogen (secondary N) is 2. The predicted molar refractivity (Wildman–Crippen MR) is 97.4 cm³/mol. The van der Waals surface area contributed by atoms with Crippen LogP contribution in [0.25, 0.3) is 10.9 Å². The number of pyridine rings is 1. The van der Waals surface area contributed by atoms with Gasteiger partial charge in [0.05, 0.1) is 17.0 Å². The largest absolute Gasteiger partial charge is 0.385 e. The maximum Gasteiger partial charge on any atom is 0.234 e. The summed E-state index contributed by atoms with van der Waals surface area (Å²) >= 11 is 0. The van der Waals surface area contributed by atoms with Crippen LogP contribution >= 0.6 is 0 Å². The van der Waals surface area contributed by atoms with Gasteiger partial charge in [0.15, 0.2) is 0 Å². The van der Waals surface area contributed by atoms with Crippen molar-refractivity contribution >= 4 is 22.7 Å². The van der Waals surface area contributed by atoms with Crippen molar-refractivity contribution in [1.29, 1.82) is 0 Å². The number of carbonyl (C=O) groups is 2. The second-order valence-corrected chi connectivity index (χ2v) is 7.46. The first-order valence-electron chi connectivity index (χ1n) is 9.14. The van der Waals surface area contributed by atoms with Crippen molar-refractivity contribution in [1.82, 2.24) is 15.6 Å². The molecule has 2 aliphatic rings. The van der Waals surface area contributed by atoms with Crippen molar-refractivity contribution in [2.75, 3.05) is 13.1 Å². The summed E-state index contributed by atoms with van der Waals surface area (Å²) in [5.41, 5.74) is 1.67. The van der Waals surface area contributed by atoms with Gasteiger partial charge in [-0.3, -0.25) is 19.9 Å². The van der Waals surface area contributed by atoms with E-state index >= 15 is 0 Å². The lowest BCUT2D eigenvalue weighted by Gasteiger charge is -2.39. The summed E-state index contributed by atoms with van der Waals surface area (Å²) in [6.07, 6.45) is 3.23. The topological polar surface area (TPSA) is 91.3 Å². The fourth-order valence-corrected chi connectivity index (χ4v) is 4.06. The van der Waals surface area contributed by atoms with Crippen LogP contribution in [0.2, 0.25) is 0 Å². The van der Waals surface area contributed by atoms with Gasteiger partial charge in [-0.05, 0) is 48.7 Å². The van der Waals surface area contributed by atoms with Gasteiger partial charge in [0.25, 0.3) is 0 Å². The summed E-state index contributed by atoms with van der Waals surface area (Å²) in [5, 5.41) is 17.8. The number of benzene rings is 1. The molecule has 0 bridgehead atoms. The summed E-state index contributed by atoms with van der Waals surface area (Å²) < 4.78 is 0. The smallest absolute Gasteiger partial charge is 0.234 e. The van der Waals surface area contributed by atoms with E-state index in [0.717, 1.165) is 35.1 Å². The fourth-order valence-electron chi connectivity index (χ4n) is 4.06. The van der Waals surface area contributed by atoms with Crippen molar-refractivity contribution in [3.63, 3.8) is 0 Å². The zero-order valence-corrected chi connectivity index (χ0v) is 14.8. The molecule has 4 rings (SSSR count). The average Bonchev–Trinajstić information content (AvgIpc) is 2.63. The Morgan fingerprint density at radius 3 is 2.88 bits per heavy atom. The van der Waals surface area contributed by atoms with Gasteiger partial charge in [-0.15, -0.1) is 0 Å². The number of fused-ring (bicyclic) bond motifs is 1. The summed E-state index contributed by atoms with van der Waals surface area (Å²) in [5.74, 6) is -0.720. The van der Waals surface area contributed by atoms with E-state index in [1.165, 1.54) is 0 Å². The molecule has 2 saturated heterocycles. The molecule has 2 aromatic rings. The molecule has 3 unspecified atom stereocenters. The minimum atomic E-state index is -0.857. The molecule has 3 N–H and O–H groups in total. The van der Waals surface area contributed by atoms with Gasteiger partial charge >= 0.3 is 0 Å². The highest BCUT2D eigenvalue weighted by molar-refractivity contribution is 6.01. The predicted octanol–water partition coefficient (Wildman–Crippen LogP) is 1.57. The number of carbonyl (C=O) groups excluding carboxylic acids is 2. The Kier molecular flexibility index (Phi) is 4.25. The first-order valence-corrected chi connectivity index (χ1v) is 9.14. The van der Waals surface area contributed by atoms with E-state index in [2.05, 4.69) is 22.5 Å². The maximum atomic E-state index is 12.1. The number of nitrogens with zero attached hydrogens (tertiary/aromatic N) is 1. The molecular formula is C20H23N3O3. The zero-order valence-electron chi connectivity index (χ0n) is 14.8. The van der Waals surface area contributed by atoms with Gasteiger partial charge < -0.3 is 10.4 Å². The van der Waals surface area contributed by atoms with Crippen LogP contribution in [0.1, 0.15) is 43.2 Å². The van der Waals surface area contributed by atoms with Gasteiger partial charge in [-0.2, -0.15) is 0 Å². The van der Waals surface area contributed by atoms with Crippen molar-refractivity contribution in [3.05, 3.63) is 41.6 Å². The summed E-state index contributed by atoms with van der Waals surface area (Å²) in [6, 6.07) is 7.81. The summed E-state index contributed by atoms with van der Waals surface area (Å²) in [6.45, 7) is 3.62. The third kappa shape index (κ3) is 2.89. The standard InChI is InChI=1S/C20H23N3O3/c1-12-10-21-7-6-20(12,26)15-2-4-17-13(9-15)8-14(11-22-17)16-3-5-18(24)23-19(16)25/h2,4,8-9,11-12,16,21,26H,3,5-7,10H2,1H3,(H,23,24,25). The highest BCUT2D eigenvalue weighted by Gasteiger charge is 2.37. The van der Waals surface area contributed by atoms with E-state index < -0.39 is 5.60 Å². The quantitative estimate of drug-likeness (QED) is 0.713. The second kappa shape index (κ2) is 6.45. The summed E-state index contributed by atoms with van der Waals surface area (Å²) in [7, 11) is 0. The number of hydrogen-bond donors (Lipinski definition) is 3. The molecule has 1 aromatic carbocycles. The molecule has 26 heavy (non-hydrogen) atoms. The summed E-state index contributed by atoms with van der Waals surface area (Å²) in [4.78, 5) is 28.0. The van der Waals surface area contributed by atoms with Crippen LogP contribution in [0.3, 0.4) is 0 Å². The van der Waals surface area contributed by atoms with Gasteiger partial charge in [0.2, 0.25) is 11.8 Å². The zero-order chi connectivity index (χ0) is 18.3. The van der Waals surface area contributed by atoms with Crippen LogP contribution in [-0.4, -0.2) is 35.0 Å². The second-order valence-electron chi connectivity index (χ2n) is 7.46. The highest BCUT2D eigenvalue weighted by Crippen LogP contribution is 2.36. The highest BCUT2D eigenvalue weighted by atomic mass is 16.3. The molecule has 3 heterocycles. The Labute approximate surface area is 152 Å². The van der Waals surface area contributed by atoms with E-state index in [1.54, 1.807) is 6.20 Å². The molecule has 136 valence electrons. The molecule has 0 radical (unpaired) electrons. The van der Waals surface area contributed by atoms with Crippen LogP contribution in [0.4, 0.5) is 0 Å². The molecule has 6 heteroatoms. The van der Waals surface area contributed by atoms with Crippen molar-refractivity contribution in [2.45, 2.75) is 37.7 Å². The molecule has 0 aliphatic carbocycles. The van der Waals surface area contributed by atoms with Gasteiger partial charge in [-0.25, -0.2) is 0 Å². The lowest BCUT2D eigenvalue weighted by atomic mass is 9.77. The lowest BCUT2D eigenvalue weighted by Crippen LogP contribution is -2.46. The average molecular weight is 353 g/mol. The number of aromatic nitrogens is 1. The molecule has 2 aliphatic heterocycles. The molecule has 6 nitrogen and oxygen atoms in total. The molecule has 2 amide bonds. The minimum absolute atomic E-state index is 0.111. The van der Waals surface area contributed by atoms with Crippen LogP contribution in [0.15, 0.2) is 30.5 Å². The number of amides is 2. The molecular weight excluding hydrogens is 330 g/mol. The minimum Gasteiger partial charge on any atom is -0.385 e. The Bertz CT molecular complexity index is 882. The number of piperidine rings is 2. The number of aliphatic hydroxyl groups is 1. The number of rotatable bonds is 2. The van der Waals surface area contributed by atoms with E-state index in [9.17, 15) is 14.7 Å². The third-order valence-corrected chi connectivity index (χ3v) is 5.79. The number of imide groups is 1. The van der Waals surface area contributed by atoms with Crippen LogP contribution in [-0.2, 0) is 15.2 Å². The van der Waals surface area contributed by atoms with E-state index in [0.29, 0.717) is 19.3 Å². The van der Waals surface area contributed by atoms with Crippen molar-refractivity contribution in [2.24, 2.45) is 5.92 Å². The normalized spacial score (nSPS) is 29.6. The van der Waals surface area contributed by atoms with Crippen LogP contribution < -0.4 is 10.6 Å². The Hall–Kier alpha value is -2.31. The molecule has 1 aromatic heterocycles. The SMILES string of the molecule is CC1CNCCC1(O)c1ccc2ncc(C3CCC(=O)NC3=O)cc2c1. The third-order valence-electron chi connectivity index (χ3n) is 5.79. The monoisotopic (exact) mass is 353 g/mol. The maximum absolute atomic E-state index is 12.1. The molecule has 3 atom stereocenters. The Morgan fingerprint density at radius 2 is 2.12 bits per heavy atom. The molecule has 0 saturated carbocycles. The van der Waals surface area contributed by atoms with Gasteiger partial charge in [0.1, 0.15) is 0 Å². The van der Waals surface area contributed by atoms with Gasteiger partial charge in [-0.1, -0.05) is 13.0 Å². The van der Waals surface area contributed by atoms with E-state index in [1.807, 2.05) is 24.3 Å². The van der Waals surface area contributed by atoms with Crippen LogP contribution in [0.5, 0.6) is 0 Å². The first kappa shape index (κ1) is 17.1. The van der Waals surface area contributed by atoms with Crippen molar-refractivity contribution in [3.8, 4) is 0 Å². The van der Waals surface area contributed by atoms with E-state index in [-0.39, 0.29) is 23.7 Å². The Morgan fingerprint density at radius 1 is 1.27 bits per heavy atom. The number of hydrogen-bond acceptors (Lipinski definition) is 5.